The van der Waals surface area contributed by atoms with Crippen molar-refractivity contribution < 1.29 is 0 Å². The zero-order valence-electron chi connectivity index (χ0n) is 10.9. The molecule has 0 amide bonds. The molecule has 0 radical (unpaired) electrons. The SMILES string of the molecule is C=Cn1cc(CNc2ccc3cc(Br)ccc3c2)cn1. The highest BCUT2D eigenvalue weighted by Gasteiger charge is 1.99. The van der Waals surface area contributed by atoms with Crippen LogP contribution < -0.4 is 5.32 Å². The van der Waals surface area contributed by atoms with Gasteiger partial charge in [-0.15, -0.1) is 0 Å². The average molecular weight is 328 g/mol. The normalized spacial score (nSPS) is 10.7. The number of anilines is 1. The van der Waals surface area contributed by atoms with Crippen LogP contribution in [-0.2, 0) is 6.54 Å². The highest BCUT2D eigenvalue weighted by atomic mass is 79.9. The highest BCUT2D eigenvalue weighted by Crippen LogP contribution is 2.23. The van der Waals surface area contributed by atoms with E-state index in [1.54, 1.807) is 10.9 Å². The van der Waals surface area contributed by atoms with Crippen LogP contribution in [0.25, 0.3) is 17.0 Å². The lowest BCUT2D eigenvalue weighted by Crippen LogP contribution is -1.98. The van der Waals surface area contributed by atoms with Gasteiger partial charge in [0.25, 0.3) is 0 Å². The molecule has 3 rings (SSSR count). The molecule has 1 heterocycles. The van der Waals surface area contributed by atoms with Gasteiger partial charge in [-0.3, -0.25) is 0 Å². The van der Waals surface area contributed by atoms with Crippen molar-refractivity contribution >= 4 is 38.6 Å². The summed E-state index contributed by atoms with van der Waals surface area (Å²) >= 11 is 3.49. The molecule has 0 aliphatic rings. The van der Waals surface area contributed by atoms with Crippen LogP contribution in [0, 0.1) is 0 Å². The Labute approximate surface area is 126 Å². The second kappa shape index (κ2) is 5.51. The number of hydrogen-bond donors (Lipinski definition) is 1. The topological polar surface area (TPSA) is 29.9 Å². The van der Waals surface area contributed by atoms with Crippen LogP contribution >= 0.6 is 15.9 Å². The van der Waals surface area contributed by atoms with Crippen LogP contribution in [0.5, 0.6) is 0 Å². The summed E-state index contributed by atoms with van der Waals surface area (Å²) in [5.74, 6) is 0. The van der Waals surface area contributed by atoms with Gasteiger partial charge in [0.2, 0.25) is 0 Å². The van der Waals surface area contributed by atoms with E-state index >= 15 is 0 Å². The van der Waals surface area contributed by atoms with Gasteiger partial charge in [0.1, 0.15) is 0 Å². The molecule has 4 heteroatoms. The molecule has 100 valence electrons. The van der Waals surface area contributed by atoms with E-state index in [4.69, 9.17) is 0 Å². The van der Waals surface area contributed by atoms with Gasteiger partial charge in [-0.2, -0.15) is 5.10 Å². The van der Waals surface area contributed by atoms with Crippen LogP contribution in [0.2, 0.25) is 0 Å². The number of rotatable bonds is 4. The Balaban J connectivity index is 1.77. The number of nitrogens with one attached hydrogen (secondary N) is 1. The lowest BCUT2D eigenvalue weighted by Gasteiger charge is -2.06. The molecular formula is C16H14BrN3. The third-order valence-corrected chi connectivity index (χ3v) is 3.63. The fraction of sp³-hybridized carbons (Fsp3) is 0.0625. The molecule has 0 bridgehead atoms. The molecular weight excluding hydrogens is 314 g/mol. The van der Waals surface area contributed by atoms with Crippen molar-refractivity contribution in [1.82, 2.24) is 9.78 Å². The maximum Gasteiger partial charge on any atom is 0.0543 e. The molecule has 0 unspecified atom stereocenters. The third kappa shape index (κ3) is 2.75. The summed E-state index contributed by atoms with van der Waals surface area (Å²) in [6, 6.07) is 12.6. The van der Waals surface area contributed by atoms with Crippen LogP contribution in [0.1, 0.15) is 5.56 Å². The molecule has 3 aromatic rings. The molecule has 20 heavy (non-hydrogen) atoms. The standard InChI is InChI=1S/C16H14BrN3/c1-2-20-11-12(10-19-20)9-18-16-6-4-13-7-15(17)5-3-14(13)8-16/h2-8,10-11,18H,1,9H2. The first kappa shape index (κ1) is 12.9. The first-order valence-electron chi connectivity index (χ1n) is 6.33. The number of fused-ring (bicyclic) bond motifs is 1. The van der Waals surface area contributed by atoms with E-state index in [2.05, 4.69) is 69.3 Å². The molecule has 0 saturated heterocycles. The predicted molar refractivity (Wildman–Crippen MR) is 87.6 cm³/mol. The number of nitrogens with zero attached hydrogens (tertiary/aromatic N) is 2. The van der Waals surface area contributed by atoms with Crippen molar-refractivity contribution in [3.63, 3.8) is 0 Å². The summed E-state index contributed by atoms with van der Waals surface area (Å²) in [4.78, 5) is 0. The first-order valence-corrected chi connectivity index (χ1v) is 7.13. The molecule has 0 atom stereocenters. The van der Waals surface area contributed by atoms with Gasteiger partial charge in [0, 0.05) is 34.7 Å². The maximum atomic E-state index is 4.16. The minimum atomic E-state index is 0.746. The number of benzene rings is 2. The highest BCUT2D eigenvalue weighted by molar-refractivity contribution is 9.10. The fourth-order valence-corrected chi connectivity index (χ4v) is 2.48. The summed E-state index contributed by atoms with van der Waals surface area (Å²) in [5, 5.41) is 10.0. The second-order valence-corrected chi connectivity index (χ2v) is 5.49. The second-order valence-electron chi connectivity index (χ2n) is 4.57. The van der Waals surface area contributed by atoms with Crippen molar-refractivity contribution in [2.24, 2.45) is 0 Å². The Bertz CT molecular complexity index is 761. The summed E-state index contributed by atoms with van der Waals surface area (Å²) in [6.07, 6.45) is 5.47. The molecule has 0 fully saturated rings. The van der Waals surface area contributed by atoms with E-state index < -0.39 is 0 Å². The van der Waals surface area contributed by atoms with Crippen LogP contribution in [-0.4, -0.2) is 9.78 Å². The smallest absolute Gasteiger partial charge is 0.0543 e. The molecule has 0 aliphatic carbocycles. The van der Waals surface area contributed by atoms with E-state index in [1.165, 1.54) is 10.8 Å². The quantitative estimate of drug-likeness (QED) is 0.763. The van der Waals surface area contributed by atoms with Gasteiger partial charge in [0.05, 0.1) is 6.20 Å². The van der Waals surface area contributed by atoms with Gasteiger partial charge in [-0.05, 0) is 35.0 Å². The van der Waals surface area contributed by atoms with Crippen LogP contribution in [0.4, 0.5) is 5.69 Å². The van der Waals surface area contributed by atoms with Crippen molar-refractivity contribution in [2.75, 3.05) is 5.32 Å². The third-order valence-electron chi connectivity index (χ3n) is 3.14. The van der Waals surface area contributed by atoms with E-state index in [1.807, 2.05) is 12.4 Å². The lowest BCUT2D eigenvalue weighted by molar-refractivity contribution is 0.936. The Morgan fingerprint density at radius 3 is 2.80 bits per heavy atom. The summed E-state index contributed by atoms with van der Waals surface area (Å²) in [7, 11) is 0. The minimum absolute atomic E-state index is 0.746. The number of halogens is 1. The van der Waals surface area contributed by atoms with Crippen molar-refractivity contribution in [2.45, 2.75) is 6.54 Å². The zero-order valence-corrected chi connectivity index (χ0v) is 12.5. The van der Waals surface area contributed by atoms with E-state index in [-0.39, 0.29) is 0 Å². The first-order chi connectivity index (χ1) is 9.74. The van der Waals surface area contributed by atoms with Crippen LogP contribution in [0.15, 0.2) is 59.8 Å². The summed E-state index contributed by atoms with van der Waals surface area (Å²) < 4.78 is 2.80. The predicted octanol–water partition coefficient (Wildman–Crippen LogP) is 4.51. The number of hydrogen-bond acceptors (Lipinski definition) is 2. The van der Waals surface area contributed by atoms with Gasteiger partial charge in [0.15, 0.2) is 0 Å². The molecule has 1 aromatic heterocycles. The van der Waals surface area contributed by atoms with Gasteiger partial charge >= 0.3 is 0 Å². The largest absolute Gasteiger partial charge is 0.381 e. The van der Waals surface area contributed by atoms with E-state index in [0.29, 0.717) is 0 Å². The van der Waals surface area contributed by atoms with Gasteiger partial charge < -0.3 is 5.32 Å². The van der Waals surface area contributed by atoms with E-state index in [0.717, 1.165) is 22.3 Å². The molecule has 3 nitrogen and oxygen atoms in total. The molecule has 0 aliphatic heterocycles. The van der Waals surface area contributed by atoms with Gasteiger partial charge in [-0.1, -0.05) is 34.6 Å². The monoisotopic (exact) mass is 327 g/mol. The van der Waals surface area contributed by atoms with Crippen molar-refractivity contribution in [3.05, 3.63) is 65.4 Å². The van der Waals surface area contributed by atoms with Crippen molar-refractivity contribution in [3.8, 4) is 0 Å². The minimum Gasteiger partial charge on any atom is -0.381 e. The molecule has 2 aromatic carbocycles. The average Bonchev–Trinajstić information content (AvgIpc) is 2.93. The number of aromatic nitrogens is 2. The summed E-state index contributed by atoms with van der Waals surface area (Å²) in [5.41, 5.74) is 2.23. The molecule has 1 N–H and O–H groups in total. The van der Waals surface area contributed by atoms with Crippen molar-refractivity contribution in [1.29, 1.82) is 0 Å². The zero-order chi connectivity index (χ0) is 13.9. The van der Waals surface area contributed by atoms with E-state index in [9.17, 15) is 0 Å². The Kier molecular flexibility index (Phi) is 3.56. The molecule has 0 saturated carbocycles. The lowest BCUT2D eigenvalue weighted by atomic mass is 10.1. The maximum absolute atomic E-state index is 4.16. The Morgan fingerprint density at radius 1 is 1.20 bits per heavy atom. The Morgan fingerprint density at radius 2 is 2.00 bits per heavy atom. The Hall–Kier alpha value is -2.07. The molecule has 0 spiro atoms. The van der Waals surface area contributed by atoms with Gasteiger partial charge in [-0.25, -0.2) is 4.68 Å². The summed E-state index contributed by atoms with van der Waals surface area (Å²) in [6.45, 7) is 4.43. The van der Waals surface area contributed by atoms with Crippen LogP contribution in [0.3, 0.4) is 0 Å². The fourth-order valence-electron chi connectivity index (χ4n) is 2.10.